The molecule has 0 aromatic rings. The van der Waals surface area contributed by atoms with Gasteiger partial charge in [0.25, 0.3) is 0 Å². The number of sulfone groups is 1. The van der Waals surface area contributed by atoms with Gasteiger partial charge in [0, 0.05) is 186 Å². The first-order chi connectivity index (χ1) is 43.3. The van der Waals surface area contributed by atoms with Gasteiger partial charge < -0.3 is 79.5 Å². The highest BCUT2D eigenvalue weighted by Crippen LogP contribution is 2.19. The maximum absolute atomic E-state index is 13.3. The van der Waals surface area contributed by atoms with Crippen molar-refractivity contribution in [3.8, 4) is 0 Å². The van der Waals surface area contributed by atoms with E-state index < -0.39 is 131 Å². The molecule has 2 fully saturated rings. The summed E-state index contributed by atoms with van der Waals surface area (Å²) in [6.45, 7) is -2.67. The van der Waals surface area contributed by atoms with Crippen LogP contribution in [-0.2, 0) is 76.6 Å². The average Bonchev–Trinajstić information content (AvgIpc) is 1.80. The molecular weight excluding hydrogens is 1230 g/mol. The van der Waals surface area contributed by atoms with Crippen LogP contribution in [-0.4, -0.2) is 406 Å². The second-order valence-corrected chi connectivity index (χ2v) is 24.5. The number of carboxylic acids is 8. The molecule has 2 aliphatic heterocycles. The van der Waals surface area contributed by atoms with Gasteiger partial charge in [-0.05, 0) is 51.4 Å². The third kappa shape index (κ3) is 30.4. The summed E-state index contributed by atoms with van der Waals surface area (Å²) in [5.41, 5.74) is 0. The fraction of sp³-hybridized carbons (Fsp3) is 0.857. The Hall–Kier alpha value is -4.93. The molecule has 0 saturated carbocycles. The summed E-state index contributed by atoms with van der Waals surface area (Å²) >= 11 is 0. The van der Waals surface area contributed by atoms with Crippen LogP contribution >= 0.6 is 0 Å². The van der Waals surface area contributed by atoms with Crippen molar-refractivity contribution in [3.63, 3.8) is 0 Å². The summed E-state index contributed by atoms with van der Waals surface area (Å²) < 4.78 is 58.6. The van der Waals surface area contributed by atoms with Gasteiger partial charge in [0.2, 0.25) is 0 Å². The molecule has 0 amide bonds. The van der Waals surface area contributed by atoms with Crippen molar-refractivity contribution in [2.75, 3.05) is 211 Å². The molecule has 528 valence electrons. The van der Waals surface area contributed by atoms with Crippen LogP contribution in [0.15, 0.2) is 0 Å². The third-order valence-corrected chi connectivity index (χ3v) is 18.1. The Kier molecular flexibility index (Phi) is 41.0. The number of carboxylic acid groups (broad SMARTS) is 8. The molecule has 0 spiro atoms. The summed E-state index contributed by atoms with van der Waals surface area (Å²) in [6, 6.07) is -9.62. The number of aliphatic hydroxyl groups excluding tert-OH is 2. The summed E-state index contributed by atoms with van der Waals surface area (Å²) in [4.78, 5) is 115. The molecule has 34 nitrogen and oxygen atoms in total. The largest absolute Gasteiger partial charge is 0.480 e. The Labute approximate surface area is 531 Å². The average molecular weight is 1340 g/mol. The van der Waals surface area contributed by atoms with E-state index in [4.69, 9.17) is 28.4 Å². The van der Waals surface area contributed by atoms with Gasteiger partial charge in [-0.1, -0.05) is 0 Å². The summed E-state index contributed by atoms with van der Waals surface area (Å²) in [6.07, 6.45) is -0.646. The lowest BCUT2D eigenvalue weighted by molar-refractivity contribution is -0.149. The van der Waals surface area contributed by atoms with Crippen molar-refractivity contribution in [1.29, 1.82) is 0 Å². The Balaban J connectivity index is 2.31. The predicted molar refractivity (Wildman–Crippen MR) is 323 cm³/mol. The monoisotopic (exact) mass is 1330 g/mol. The standard InChI is InChI=1S/C56H102N8O26S/c1-85-31-7-43(51(71)72)59-17-13-57(41(5-29-65)49(67)68)15-19-63(27-25-61(23-21-59)45(53(75)76)9-33-87-3)47(55(79)80)11-35-89-37-39-91(83,84)40-38-90-36-12-48(56(81)82)64-20-16-58(42(6-30-66)50(69)70)14-18-60(44(52(73)74)8-32-86-2)22-24-62(26-28-64)46(54(77)78)10-34-88-4/h41-48,65-66H,5-40H2,1-4H3,(H,67,68)(H,69,70)(H,71,72)(H,73,74)(H,75,76)(H,77,78)(H,79,80)(H,81,82). The number of ether oxygens (including phenoxy) is 6. The van der Waals surface area contributed by atoms with E-state index in [1.807, 2.05) is 0 Å². The van der Waals surface area contributed by atoms with Crippen molar-refractivity contribution >= 4 is 57.6 Å². The number of rotatable bonds is 44. The first-order valence-corrected chi connectivity index (χ1v) is 32.4. The smallest absolute Gasteiger partial charge is 0.321 e. The van der Waals surface area contributed by atoms with E-state index >= 15 is 0 Å². The quantitative estimate of drug-likeness (QED) is 0.0262. The molecule has 0 radical (unpaired) electrons. The molecule has 2 rings (SSSR count). The van der Waals surface area contributed by atoms with Crippen LogP contribution in [0.25, 0.3) is 0 Å². The molecule has 2 aliphatic rings. The van der Waals surface area contributed by atoms with Crippen molar-refractivity contribution in [2.45, 2.75) is 99.7 Å². The molecule has 2 heterocycles. The molecule has 8 atom stereocenters. The van der Waals surface area contributed by atoms with Crippen molar-refractivity contribution in [2.24, 2.45) is 0 Å². The molecule has 0 aromatic carbocycles. The fourth-order valence-corrected chi connectivity index (χ4v) is 12.3. The third-order valence-electron chi connectivity index (χ3n) is 16.5. The molecule has 91 heavy (non-hydrogen) atoms. The molecule has 8 unspecified atom stereocenters. The van der Waals surface area contributed by atoms with Crippen LogP contribution in [0.2, 0.25) is 0 Å². The van der Waals surface area contributed by atoms with Crippen LogP contribution in [0, 0.1) is 0 Å². The summed E-state index contributed by atoms with van der Waals surface area (Å²) in [5, 5.41) is 103. The van der Waals surface area contributed by atoms with E-state index in [1.165, 1.54) is 48.0 Å². The molecule has 0 aromatic heterocycles. The lowest BCUT2D eigenvalue weighted by Gasteiger charge is -2.39. The minimum Gasteiger partial charge on any atom is -0.480 e. The SMILES string of the molecule is COCCC(C(=O)O)N1CCN(C(CCO)C(=O)O)CCN(C(CCOCCS(=O)(=O)CCOCCC(C(=O)O)N2CCN(C(CCO)C(=O)O)CCN(C(CCOC)C(=O)O)CCN(C(CCOC)C(=O)O)CC2)C(=O)O)CCN(C(CCOC)C(=O)O)CC1. The van der Waals surface area contributed by atoms with E-state index in [1.54, 1.807) is 19.6 Å². The van der Waals surface area contributed by atoms with E-state index in [9.17, 15) is 97.8 Å². The molecule has 35 heteroatoms. The number of nitrogens with zero attached hydrogens (tertiary/aromatic N) is 8. The first kappa shape index (κ1) is 82.2. The second kappa shape index (κ2) is 45.4. The van der Waals surface area contributed by atoms with Gasteiger partial charge in [0.1, 0.15) is 48.3 Å². The topological polar surface area (TPSA) is 454 Å². The van der Waals surface area contributed by atoms with Gasteiger partial charge in [-0.3, -0.25) is 77.6 Å². The zero-order valence-electron chi connectivity index (χ0n) is 53.1. The van der Waals surface area contributed by atoms with Crippen LogP contribution in [0.4, 0.5) is 0 Å². The Morgan fingerprint density at radius 1 is 0.286 bits per heavy atom. The molecule has 2 saturated heterocycles. The van der Waals surface area contributed by atoms with Gasteiger partial charge in [-0.15, -0.1) is 0 Å². The number of aliphatic hydroxyl groups is 2. The Bertz CT molecular complexity index is 2140. The van der Waals surface area contributed by atoms with Crippen molar-refractivity contribution < 1.29 is 126 Å². The van der Waals surface area contributed by atoms with Gasteiger partial charge in [-0.25, -0.2) is 8.42 Å². The lowest BCUT2D eigenvalue weighted by Crippen LogP contribution is -2.56. The number of hydrogen-bond acceptors (Lipinski definition) is 26. The van der Waals surface area contributed by atoms with E-state index in [2.05, 4.69) is 0 Å². The van der Waals surface area contributed by atoms with Gasteiger partial charge in [0.15, 0.2) is 9.84 Å². The maximum Gasteiger partial charge on any atom is 0.321 e. The molecular formula is C56H102N8O26S. The van der Waals surface area contributed by atoms with Crippen molar-refractivity contribution in [1.82, 2.24) is 39.2 Å². The Morgan fingerprint density at radius 2 is 0.440 bits per heavy atom. The number of hydrogen-bond donors (Lipinski definition) is 10. The predicted octanol–water partition coefficient (Wildman–Crippen LogP) is -3.81. The summed E-state index contributed by atoms with van der Waals surface area (Å²) in [7, 11) is 1.72. The normalized spacial score (nSPS) is 19.8. The van der Waals surface area contributed by atoms with Crippen LogP contribution in [0.1, 0.15) is 51.4 Å². The van der Waals surface area contributed by atoms with Crippen LogP contribution in [0.5, 0.6) is 0 Å². The molecule has 10 N–H and O–H groups in total. The number of aliphatic carboxylic acids is 8. The highest BCUT2D eigenvalue weighted by Gasteiger charge is 2.38. The first-order valence-electron chi connectivity index (χ1n) is 30.6. The van der Waals surface area contributed by atoms with E-state index in [-0.39, 0.29) is 209 Å². The number of carbonyl (C=O) groups is 8. The zero-order valence-corrected chi connectivity index (χ0v) is 53.9. The second-order valence-electron chi connectivity index (χ2n) is 22.2. The summed E-state index contributed by atoms with van der Waals surface area (Å²) in [5.74, 6) is -11.0. The minimum atomic E-state index is -3.90. The van der Waals surface area contributed by atoms with Gasteiger partial charge >= 0.3 is 47.8 Å². The van der Waals surface area contributed by atoms with Gasteiger partial charge in [-0.2, -0.15) is 0 Å². The molecule has 0 bridgehead atoms. The zero-order chi connectivity index (χ0) is 68.1. The van der Waals surface area contributed by atoms with Gasteiger partial charge in [0.05, 0.1) is 24.7 Å². The van der Waals surface area contributed by atoms with Crippen LogP contribution in [0.3, 0.4) is 0 Å². The number of methoxy groups -OCH3 is 4. The van der Waals surface area contributed by atoms with Crippen molar-refractivity contribution in [3.05, 3.63) is 0 Å². The van der Waals surface area contributed by atoms with E-state index in [0.29, 0.717) is 0 Å². The Morgan fingerprint density at radius 3 is 0.582 bits per heavy atom. The molecule has 0 aliphatic carbocycles. The highest BCUT2D eigenvalue weighted by molar-refractivity contribution is 7.91. The minimum absolute atomic E-state index is 0.000823. The highest BCUT2D eigenvalue weighted by atomic mass is 32.2. The lowest BCUT2D eigenvalue weighted by atomic mass is 10.1. The fourth-order valence-electron chi connectivity index (χ4n) is 11.4. The maximum atomic E-state index is 13.3. The van der Waals surface area contributed by atoms with Crippen LogP contribution < -0.4 is 0 Å². The van der Waals surface area contributed by atoms with E-state index in [0.717, 1.165) is 0 Å².